The van der Waals surface area contributed by atoms with E-state index in [1.165, 1.54) is 0 Å². The lowest BCUT2D eigenvalue weighted by molar-refractivity contribution is -0.132. The molecule has 1 unspecified atom stereocenters. The molecule has 2 aliphatic heterocycles. The van der Waals surface area contributed by atoms with Gasteiger partial charge < -0.3 is 24.9 Å². The lowest BCUT2D eigenvalue weighted by Gasteiger charge is -2.30. The first-order valence-corrected chi connectivity index (χ1v) is 13.8. The number of pyridine rings is 2. The van der Waals surface area contributed by atoms with Gasteiger partial charge in [-0.25, -0.2) is 9.50 Å². The van der Waals surface area contributed by atoms with Crippen molar-refractivity contribution in [2.24, 2.45) is 0 Å². The maximum Gasteiger partial charge on any atom is 0.254 e. The number of piperidine rings is 1. The van der Waals surface area contributed by atoms with E-state index >= 15 is 0 Å². The maximum atomic E-state index is 13.1. The van der Waals surface area contributed by atoms with E-state index in [0.29, 0.717) is 36.6 Å². The molecular weight excluding hydrogens is 518 g/mol. The number of furan rings is 1. The highest BCUT2D eigenvalue weighted by atomic mass is 16.3. The summed E-state index contributed by atoms with van der Waals surface area (Å²) in [6.45, 7) is 1.83. The molecule has 41 heavy (non-hydrogen) atoms. The molecule has 0 bridgehead atoms. The predicted molar refractivity (Wildman–Crippen MR) is 156 cm³/mol. The van der Waals surface area contributed by atoms with Crippen molar-refractivity contribution < 1.29 is 14.0 Å². The Morgan fingerprint density at radius 1 is 1.12 bits per heavy atom. The average molecular weight is 550 g/mol. The number of likely N-dealkylation sites (tertiary alicyclic amines) is 1. The molecule has 2 aliphatic rings. The van der Waals surface area contributed by atoms with Crippen LogP contribution < -0.4 is 10.6 Å². The van der Waals surface area contributed by atoms with Crippen molar-refractivity contribution in [3.05, 3.63) is 77.4 Å². The van der Waals surface area contributed by atoms with Gasteiger partial charge in [-0.2, -0.15) is 5.10 Å². The second-order valence-corrected chi connectivity index (χ2v) is 11.2. The molecule has 2 N–H and O–H groups in total. The van der Waals surface area contributed by atoms with Crippen molar-refractivity contribution in [3.8, 4) is 11.1 Å². The summed E-state index contributed by atoms with van der Waals surface area (Å²) in [6, 6.07) is 11.9. The zero-order valence-electron chi connectivity index (χ0n) is 23.3. The molecule has 4 aromatic heterocycles. The number of rotatable bonds is 6. The molecule has 0 radical (unpaired) electrons. The van der Waals surface area contributed by atoms with Crippen LogP contribution in [0.5, 0.6) is 0 Å². The summed E-state index contributed by atoms with van der Waals surface area (Å²) >= 11 is 0. The number of hydrogen-bond acceptors (Lipinski definition) is 7. The molecule has 208 valence electrons. The van der Waals surface area contributed by atoms with Crippen LogP contribution >= 0.6 is 0 Å². The third kappa shape index (κ3) is 4.31. The fourth-order valence-electron chi connectivity index (χ4n) is 6.16. The van der Waals surface area contributed by atoms with Gasteiger partial charge >= 0.3 is 0 Å². The zero-order valence-corrected chi connectivity index (χ0v) is 23.3. The van der Waals surface area contributed by atoms with E-state index in [2.05, 4.69) is 26.7 Å². The van der Waals surface area contributed by atoms with Crippen molar-refractivity contribution in [1.82, 2.24) is 29.7 Å². The molecule has 10 nitrogen and oxygen atoms in total. The maximum absolute atomic E-state index is 13.1. The first kappa shape index (κ1) is 25.3. The number of anilines is 2. The van der Waals surface area contributed by atoms with E-state index in [1.807, 2.05) is 68.4 Å². The number of amides is 2. The third-order valence-corrected chi connectivity index (χ3v) is 8.21. The third-order valence-electron chi connectivity index (χ3n) is 8.21. The van der Waals surface area contributed by atoms with E-state index in [0.717, 1.165) is 57.4 Å². The molecule has 1 aromatic carbocycles. The molecule has 1 saturated heterocycles. The smallest absolute Gasteiger partial charge is 0.254 e. The van der Waals surface area contributed by atoms with Gasteiger partial charge in [-0.1, -0.05) is 12.1 Å². The quantitative estimate of drug-likeness (QED) is 0.321. The summed E-state index contributed by atoms with van der Waals surface area (Å²) in [5, 5.41) is 12.0. The van der Waals surface area contributed by atoms with Gasteiger partial charge in [0.1, 0.15) is 11.4 Å². The standard InChI is InChI=1S/C31H31N7O3/c1-36(2)17-25-19(18-8-11-37(3)28(39)14-18)5-7-27(35-25)34-24-6-4-20(22-15-32-31(40)29(22)24)23-16-33-38-12-9-26-21(30(23)38)10-13-41-26/h4-7,9-10,12-13,16,18H,8,11,14-15,17H2,1-3H3,(H,32,40)(H,34,35). The Morgan fingerprint density at radius 2 is 2.00 bits per heavy atom. The largest absolute Gasteiger partial charge is 0.464 e. The van der Waals surface area contributed by atoms with Crippen molar-refractivity contribution in [2.45, 2.75) is 31.8 Å². The van der Waals surface area contributed by atoms with Crippen LogP contribution in [0, 0.1) is 0 Å². The summed E-state index contributed by atoms with van der Waals surface area (Å²) < 4.78 is 7.46. The minimum Gasteiger partial charge on any atom is -0.464 e. The van der Waals surface area contributed by atoms with Crippen LogP contribution in [0.3, 0.4) is 0 Å². The molecule has 1 fully saturated rings. The first-order chi connectivity index (χ1) is 19.9. The lowest BCUT2D eigenvalue weighted by Crippen LogP contribution is -2.35. The minimum absolute atomic E-state index is 0.121. The number of benzene rings is 1. The summed E-state index contributed by atoms with van der Waals surface area (Å²) in [4.78, 5) is 34.4. The molecule has 0 saturated carbocycles. The van der Waals surface area contributed by atoms with Crippen LogP contribution in [0.1, 0.15) is 45.9 Å². The number of nitrogens with one attached hydrogen (secondary N) is 2. The van der Waals surface area contributed by atoms with E-state index in [4.69, 9.17) is 9.40 Å². The topological polar surface area (TPSA) is 108 Å². The van der Waals surface area contributed by atoms with Crippen LogP contribution in [-0.2, 0) is 17.9 Å². The Morgan fingerprint density at radius 3 is 2.83 bits per heavy atom. The van der Waals surface area contributed by atoms with Gasteiger partial charge in [-0.15, -0.1) is 0 Å². The molecule has 5 aromatic rings. The van der Waals surface area contributed by atoms with Crippen molar-refractivity contribution in [1.29, 1.82) is 0 Å². The van der Waals surface area contributed by atoms with Crippen LogP contribution in [-0.4, -0.2) is 63.9 Å². The fraction of sp³-hybridized carbons (Fsp3) is 0.290. The minimum atomic E-state index is -0.121. The van der Waals surface area contributed by atoms with Gasteiger partial charge in [0.25, 0.3) is 5.91 Å². The van der Waals surface area contributed by atoms with Crippen molar-refractivity contribution in [2.75, 3.05) is 33.0 Å². The second-order valence-electron chi connectivity index (χ2n) is 11.2. The van der Waals surface area contributed by atoms with Crippen LogP contribution in [0.15, 0.2) is 59.5 Å². The number of hydrogen-bond donors (Lipinski definition) is 2. The lowest BCUT2D eigenvalue weighted by atomic mass is 9.88. The number of carbonyl (C=O) groups is 2. The Hall–Kier alpha value is -4.70. The number of carbonyl (C=O) groups excluding carboxylic acids is 2. The highest BCUT2D eigenvalue weighted by molar-refractivity contribution is 6.08. The Kier molecular flexibility index (Phi) is 6.01. The van der Waals surface area contributed by atoms with Crippen LogP contribution in [0.4, 0.5) is 11.5 Å². The van der Waals surface area contributed by atoms with E-state index < -0.39 is 0 Å². The zero-order chi connectivity index (χ0) is 28.2. The Bertz CT molecular complexity index is 1840. The highest BCUT2D eigenvalue weighted by Crippen LogP contribution is 2.39. The molecular formula is C31H31N7O3. The molecule has 10 heteroatoms. The highest BCUT2D eigenvalue weighted by Gasteiger charge is 2.29. The Labute approximate surface area is 236 Å². The van der Waals surface area contributed by atoms with Crippen molar-refractivity contribution >= 4 is 39.8 Å². The van der Waals surface area contributed by atoms with Gasteiger partial charge in [0.05, 0.1) is 34.9 Å². The second kappa shape index (κ2) is 9.74. The molecule has 6 heterocycles. The van der Waals surface area contributed by atoms with E-state index in [1.54, 1.807) is 11.2 Å². The van der Waals surface area contributed by atoms with Gasteiger partial charge in [0.15, 0.2) is 0 Å². The number of fused-ring (bicyclic) bond motifs is 4. The van der Waals surface area contributed by atoms with Gasteiger partial charge in [-0.05, 0) is 67.4 Å². The van der Waals surface area contributed by atoms with Crippen LogP contribution in [0.2, 0.25) is 0 Å². The number of nitrogens with zero attached hydrogens (tertiary/aromatic N) is 5. The van der Waals surface area contributed by atoms with Crippen LogP contribution in [0.25, 0.3) is 27.6 Å². The summed E-state index contributed by atoms with van der Waals surface area (Å²) in [6.07, 6.45) is 6.81. The molecule has 0 aliphatic carbocycles. The SMILES string of the molecule is CN(C)Cc1nc(Nc2ccc(-c3cnn4ccc5occc5c34)c3c2C(=O)NC3)ccc1C1CCN(C)C(=O)C1. The average Bonchev–Trinajstić information content (AvgIpc) is 3.69. The summed E-state index contributed by atoms with van der Waals surface area (Å²) in [7, 11) is 5.89. The van der Waals surface area contributed by atoms with Crippen molar-refractivity contribution in [3.63, 3.8) is 0 Å². The predicted octanol–water partition coefficient (Wildman–Crippen LogP) is 4.53. The van der Waals surface area contributed by atoms with Gasteiger partial charge in [0.2, 0.25) is 5.91 Å². The normalized spacial score (nSPS) is 17.1. The van der Waals surface area contributed by atoms with Gasteiger partial charge in [-0.3, -0.25) is 9.59 Å². The summed E-state index contributed by atoms with van der Waals surface area (Å²) in [5.74, 6) is 0.859. The number of aromatic nitrogens is 3. The van der Waals surface area contributed by atoms with Gasteiger partial charge in [0, 0.05) is 50.2 Å². The van der Waals surface area contributed by atoms with E-state index in [-0.39, 0.29) is 17.7 Å². The molecule has 7 rings (SSSR count). The molecule has 2 amide bonds. The fourth-order valence-corrected chi connectivity index (χ4v) is 6.16. The molecule has 0 spiro atoms. The molecule has 1 atom stereocenters. The Balaban J connectivity index is 1.26. The van der Waals surface area contributed by atoms with E-state index in [9.17, 15) is 9.59 Å². The monoisotopic (exact) mass is 549 g/mol. The first-order valence-electron chi connectivity index (χ1n) is 13.8. The summed E-state index contributed by atoms with van der Waals surface area (Å²) in [5.41, 5.74) is 7.92.